The molecular formula is C13H16N4O7. The van der Waals surface area contributed by atoms with E-state index in [1.54, 1.807) is 0 Å². The van der Waals surface area contributed by atoms with Crippen LogP contribution >= 0.6 is 0 Å². The molecule has 0 aromatic heterocycles. The van der Waals surface area contributed by atoms with Crippen molar-refractivity contribution in [1.29, 1.82) is 0 Å². The highest BCUT2D eigenvalue weighted by Gasteiger charge is 2.23. The van der Waals surface area contributed by atoms with Gasteiger partial charge in [0.2, 0.25) is 0 Å². The number of nitro groups is 2. The lowest BCUT2D eigenvalue weighted by Crippen LogP contribution is -2.33. The summed E-state index contributed by atoms with van der Waals surface area (Å²) in [6, 6.07) is 0.420. The van der Waals surface area contributed by atoms with Crippen molar-refractivity contribution in [3.63, 3.8) is 0 Å². The number of benzene rings is 1. The molecule has 0 radical (unpaired) electrons. The Balaban J connectivity index is 2.87. The summed E-state index contributed by atoms with van der Waals surface area (Å²) in [5.41, 5.74) is 9.58. The van der Waals surface area contributed by atoms with E-state index < -0.39 is 45.1 Å². The second kappa shape index (κ2) is 8.08. The van der Waals surface area contributed by atoms with Gasteiger partial charge in [-0.05, 0) is 19.3 Å². The number of hydrogen-bond donors (Lipinski definition) is 3. The van der Waals surface area contributed by atoms with E-state index in [1.807, 2.05) is 0 Å². The zero-order valence-electron chi connectivity index (χ0n) is 12.5. The van der Waals surface area contributed by atoms with Gasteiger partial charge in [-0.1, -0.05) is 0 Å². The number of nitro benzene ring substituents is 2. The number of rotatable bonds is 9. The molecule has 24 heavy (non-hydrogen) atoms. The van der Waals surface area contributed by atoms with Crippen LogP contribution in [0, 0.1) is 20.2 Å². The SMILES string of the molecule is NC(CCC[C@H](N)C(=O)O)C(=O)c1cc([N+](=O)[O-])cc([N+](=O)[O-])c1. The Morgan fingerprint density at radius 3 is 1.88 bits per heavy atom. The molecule has 0 aliphatic carbocycles. The van der Waals surface area contributed by atoms with E-state index in [1.165, 1.54) is 0 Å². The second-order valence-corrected chi connectivity index (χ2v) is 5.10. The predicted molar refractivity (Wildman–Crippen MR) is 81.5 cm³/mol. The largest absolute Gasteiger partial charge is 0.480 e. The third-order valence-corrected chi connectivity index (χ3v) is 3.29. The highest BCUT2D eigenvalue weighted by molar-refractivity contribution is 6.01. The zero-order valence-corrected chi connectivity index (χ0v) is 12.5. The van der Waals surface area contributed by atoms with Gasteiger partial charge in [-0.3, -0.25) is 29.8 Å². The van der Waals surface area contributed by atoms with Gasteiger partial charge in [0.05, 0.1) is 22.0 Å². The fourth-order valence-corrected chi connectivity index (χ4v) is 1.97. The van der Waals surface area contributed by atoms with Crippen LogP contribution in [-0.2, 0) is 4.79 Å². The van der Waals surface area contributed by atoms with Crippen molar-refractivity contribution in [2.75, 3.05) is 0 Å². The number of nitrogens with zero attached hydrogens (tertiary/aromatic N) is 2. The lowest BCUT2D eigenvalue weighted by Gasteiger charge is -2.11. The molecule has 11 heteroatoms. The fourth-order valence-electron chi connectivity index (χ4n) is 1.97. The number of hydrogen-bond acceptors (Lipinski definition) is 8. The second-order valence-electron chi connectivity index (χ2n) is 5.10. The molecule has 5 N–H and O–H groups in total. The zero-order chi connectivity index (χ0) is 18.4. The van der Waals surface area contributed by atoms with Gasteiger partial charge in [-0.25, -0.2) is 0 Å². The van der Waals surface area contributed by atoms with Gasteiger partial charge < -0.3 is 16.6 Å². The van der Waals surface area contributed by atoms with E-state index in [-0.39, 0.29) is 24.8 Å². The number of aliphatic carboxylic acids is 1. The van der Waals surface area contributed by atoms with Crippen molar-refractivity contribution >= 4 is 23.1 Å². The van der Waals surface area contributed by atoms with Crippen LogP contribution in [0.2, 0.25) is 0 Å². The first-order valence-corrected chi connectivity index (χ1v) is 6.85. The van der Waals surface area contributed by atoms with Crippen molar-refractivity contribution in [1.82, 2.24) is 0 Å². The normalized spacial score (nSPS) is 13.1. The highest BCUT2D eigenvalue weighted by atomic mass is 16.6. The van der Waals surface area contributed by atoms with Crippen LogP contribution in [0.3, 0.4) is 0 Å². The number of carboxylic acid groups (broad SMARTS) is 1. The first-order valence-electron chi connectivity index (χ1n) is 6.85. The van der Waals surface area contributed by atoms with Gasteiger partial charge >= 0.3 is 5.97 Å². The van der Waals surface area contributed by atoms with Gasteiger partial charge in [0.25, 0.3) is 11.4 Å². The van der Waals surface area contributed by atoms with Crippen LogP contribution in [0.4, 0.5) is 11.4 Å². The summed E-state index contributed by atoms with van der Waals surface area (Å²) in [6.45, 7) is 0. The van der Waals surface area contributed by atoms with Crippen molar-refractivity contribution in [3.8, 4) is 0 Å². The van der Waals surface area contributed by atoms with Gasteiger partial charge in [0.15, 0.2) is 5.78 Å². The number of non-ortho nitro benzene ring substituents is 2. The molecule has 130 valence electrons. The van der Waals surface area contributed by atoms with Gasteiger partial charge in [-0.2, -0.15) is 0 Å². The predicted octanol–water partition coefficient (Wildman–Crippen LogP) is 0.595. The molecule has 0 fully saturated rings. The summed E-state index contributed by atoms with van der Waals surface area (Å²) in [7, 11) is 0. The Kier molecular flexibility index (Phi) is 6.44. The summed E-state index contributed by atoms with van der Waals surface area (Å²) in [5.74, 6) is -1.88. The molecule has 2 atom stereocenters. The Morgan fingerprint density at radius 2 is 1.46 bits per heavy atom. The molecule has 0 aliphatic rings. The number of ketones is 1. The maximum atomic E-state index is 12.2. The average Bonchev–Trinajstić information content (AvgIpc) is 2.52. The molecule has 0 aliphatic heterocycles. The molecule has 1 rings (SSSR count). The van der Waals surface area contributed by atoms with Crippen LogP contribution in [0.5, 0.6) is 0 Å². The summed E-state index contributed by atoms with van der Waals surface area (Å²) >= 11 is 0. The molecule has 0 saturated carbocycles. The number of carbonyl (C=O) groups is 2. The van der Waals surface area contributed by atoms with Crippen molar-refractivity contribution in [2.24, 2.45) is 11.5 Å². The first kappa shape index (κ1) is 19.1. The van der Waals surface area contributed by atoms with E-state index in [0.29, 0.717) is 0 Å². The standard InChI is InChI=1S/C13H16N4O7/c14-10(2-1-3-11(15)13(19)20)12(18)7-4-8(16(21)22)6-9(5-7)17(23)24/h4-6,10-11H,1-3,14-15H2,(H,19,20)/t10?,11-/m0/s1. The van der Waals surface area contributed by atoms with E-state index in [2.05, 4.69) is 0 Å². The Labute approximate surface area is 135 Å². The lowest BCUT2D eigenvalue weighted by molar-refractivity contribution is -0.394. The number of Topliss-reactive ketones (excluding diaryl/α,β-unsaturated/α-hetero) is 1. The quantitative estimate of drug-likeness (QED) is 0.327. The maximum absolute atomic E-state index is 12.2. The van der Waals surface area contributed by atoms with E-state index in [4.69, 9.17) is 16.6 Å². The molecule has 0 saturated heterocycles. The average molecular weight is 340 g/mol. The maximum Gasteiger partial charge on any atom is 0.320 e. The van der Waals surface area contributed by atoms with Crippen LogP contribution in [-0.4, -0.2) is 38.8 Å². The third kappa shape index (κ3) is 5.07. The summed E-state index contributed by atoms with van der Waals surface area (Å²) in [6.07, 6.45) is 0.444. The molecule has 1 unspecified atom stereocenters. The third-order valence-electron chi connectivity index (χ3n) is 3.29. The topological polar surface area (TPSA) is 193 Å². The fraction of sp³-hybridized carbons (Fsp3) is 0.385. The van der Waals surface area contributed by atoms with Crippen LogP contribution < -0.4 is 11.5 Å². The minimum atomic E-state index is -1.18. The molecule has 0 bridgehead atoms. The van der Waals surface area contributed by atoms with E-state index >= 15 is 0 Å². The van der Waals surface area contributed by atoms with E-state index in [0.717, 1.165) is 18.2 Å². The van der Waals surface area contributed by atoms with Gasteiger partial charge in [0, 0.05) is 17.7 Å². The smallest absolute Gasteiger partial charge is 0.320 e. The first-order chi connectivity index (χ1) is 11.1. The van der Waals surface area contributed by atoms with Crippen LogP contribution in [0.25, 0.3) is 0 Å². The van der Waals surface area contributed by atoms with Crippen LogP contribution in [0.1, 0.15) is 29.6 Å². The molecule has 0 heterocycles. The number of nitrogens with two attached hydrogens (primary N) is 2. The Hall–Kier alpha value is -2.92. The summed E-state index contributed by atoms with van der Waals surface area (Å²) in [5, 5.41) is 30.3. The summed E-state index contributed by atoms with van der Waals surface area (Å²) in [4.78, 5) is 42.7. The van der Waals surface area contributed by atoms with E-state index in [9.17, 15) is 29.8 Å². The van der Waals surface area contributed by atoms with Gasteiger partial charge in [-0.15, -0.1) is 0 Å². The highest BCUT2D eigenvalue weighted by Crippen LogP contribution is 2.24. The van der Waals surface area contributed by atoms with Crippen molar-refractivity contribution < 1.29 is 24.5 Å². The Morgan fingerprint density at radius 1 is 1.00 bits per heavy atom. The molecule has 1 aromatic rings. The minimum Gasteiger partial charge on any atom is -0.480 e. The van der Waals surface area contributed by atoms with Gasteiger partial charge in [0.1, 0.15) is 6.04 Å². The lowest BCUT2D eigenvalue weighted by atomic mass is 9.98. The van der Waals surface area contributed by atoms with Crippen LogP contribution in [0.15, 0.2) is 18.2 Å². The monoisotopic (exact) mass is 340 g/mol. The molecular weight excluding hydrogens is 324 g/mol. The minimum absolute atomic E-state index is 0.0936. The summed E-state index contributed by atoms with van der Waals surface area (Å²) < 4.78 is 0. The van der Waals surface area contributed by atoms with Crippen molar-refractivity contribution in [2.45, 2.75) is 31.3 Å². The van der Waals surface area contributed by atoms with Crippen molar-refractivity contribution in [3.05, 3.63) is 44.0 Å². The molecule has 1 aromatic carbocycles. The Bertz CT molecular complexity index is 644. The molecule has 0 spiro atoms. The number of carbonyl (C=O) groups excluding carboxylic acids is 1. The molecule has 0 amide bonds. The molecule has 11 nitrogen and oxygen atoms in total. The number of carboxylic acids is 1.